The number of hydrogen-bond donors (Lipinski definition) is 1. The van der Waals surface area contributed by atoms with Crippen LogP contribution in [0.15, 0.2) is 12.3 Å². The largest absolute Gasteiger partial charge is 0.417 e. The van der Waals surface area contributed by atoms with Gasteiger partial charge in [-0.3, -0.25) is 0 Å². The van der Waals surface area contributed by atoms with Crippen LogP contribution in [0.2, 0.25) is 0 Å². The Kier molecular flexibility index (Phi) is 3.78. The molecule has 2 N–H and O–H groups in total. The molecule has 0 spiro atoms. The number of pyridine rings is 1. The summed E-state index contributed by atoms with van der Waals surface area (Å²) in [7, 11) is 0. The van der Waals surface area contributed by atoms with Gasteiger partial charge in [0.15, 0.2) is 0 Å². The van der Waals surface area contributed by atoms with Crippen LogP contribution in [0.25, 0.3) is 0 Å². The zero-order chi connectivity index (χ0) is 14.1. The lowest BCUT2D eigenvalue weighted by Gasteiger charge is -2.37. The summed E-state index contributed by atoms with van der Waals surface area (Å²) in [5, 5.41) is 0. The first kappa shape index (κ1) is 14.6. The maximum atomic E-state index is 12.7. The second kappa shape index (κ2) is 4.66. The standard InChI is InChI=1S/C12H18F3N3/c1-5-18(11(2,3)4)9-6-8(12(13,14)15)7-17-10(9)16/h6-7H,5H2,1-4H3,(H2,16,17). The first-order valence-corrected chi connectivity index (χ1v) is 5.67. The molecular formula is C12H18F3N3. The molecule has 102 valence electrons. The van der Waals surface area contributed by atoms with E-state index < -0.39 is 11.7 Å². The van der Waals surface area contributed by atoms with Crippen LogP contribution in [-0.4, -0.2) is 17.1 Å². The summed E-state index contributed by atoms with van der Waals surface area (Å²) in [5.74, 6) is 0.111. The van der Waals surface area contributed by atoms with Gasteiger partial charge in [-0.2, -0.15) is 13.2 Å². The van der Waals surface area contributed by atoms with Gasteiger partial charge in [0.25, 0.3) is 0 Å². The van der Waals surface area contributed by atoms with Gasteiger partial charge in [-0.15, -0.1) is 0 Å². The van der Waals surface area contributed by atoms with Crippen molar-refractivity contribution in [1.29, 1.82) is 0 Å². The Labute approximate surface area is 105 Å². The molecule has 0 saturated carbocycles. The van der Waals surface area contributed by atoms with Crippen molar-refractivity contribution in [2.75, 3.05) is 17.2 Å². The van der Waals surface area contributed by atoms with Gasteiger partial charge < -0.3 is 10.6 Å². The van der Waals surface area contributed by atoms with Gasteiger partial charge in [0, 0.05) is 18.3 Å². The highest BCUT2D eigenvalue weighted by Crippen LogP contribution is 2.35. The molecule has 3 nitrogen and oxygen atoms in total. The van der Waals surface area contributed by atoms with Crippen LogP contribution in [0.3, 0.4) is 0 Å². The third-order valence-corrected chi connectivity index (χ3v) is 2.64. The molecule has 0 bridgehead atoms. The average molecular weight is 261 g/mol. The average Bonchev–Trinajstić information content (AvgIpc) is 2.18. The number of hydrogen-bond acceptors (Lipinski definition) is 3. The van der Waals surface area contributed by atoms with E-state index in [9.17, 15) is 13.2 Å². The second-order valence-electron chi connectivity index (χ2n) is 5.04. The number of nitrogen functional groups attached to an aromatic ring is 1. The van der Waals surface area contributed by atoms with Crippen molar-refractivity contribution in [3.05, 3.63) is 17.8 Å². The summed E-state index contributed by atoms with van der Waals surface area (Å²) in [6.45, 7) is 8.16. The lowest BCUT2D eigenvalue weighted by Crippen LogP contribution is -2.42. The van der Waals surface area contributed by atoms with E-state index in [1.54, 1.807) is 4.90 Å². The van der Waals surface area contributed by atoms with Crippen molar-refractivity contribution < 1.29 is 13.2 Å². The molecule has 0 aliphatic rings. The molecule has 0 unspecified atom stereocenters. The van der Waals surface area contributed by atoms with Gasteiger partial charge in [-0.25, -0.2) is 4.98 Å². The van der Waals surface area contributed by atoms with Gasteiger partial charge in [0.05, 0.1) is 11.3 Å². The van der Waals surface area contributed by atoms with E-state index in [4.69, 9.17) is 5.73 Å². The molecule has 0 aliphatic carbocycles. The van der Waals surface area contributed by atoms with E-state index in [2.05, 4.69) is 4.98 Å². The van der Waals surface area contributed by atoms with Gasteiger partial charge in [-0.1, -0.05) is 0 Å². The van der Waals surface area contributed by atoms with Crippen molar-refractivity contribution in [2.24, 2.45) is 0 Å². The summed E-state index contributed by atoms with van der Waals surface area (Å²) in [4.78, 5) is 5.44. The van der Waals surface area contributed by atoms with Gasteiger partial charge in [0.2, 0.25) is 0 Å². The van der Waals surface area contributed by atoms with Crippen LogP contribution < -0.4 is 10.6 Å². The Balaban J connectivity index is 3.31. The molecule has 1 aromatic heterocycles. The number of nitrogens with two attached hydrogens (primary N) is 1. The summed E-state index contributed by atoms with van der Waals surface area (Å²) in [5.41, 5.74) is 4.90. The second-order valence-corrected chi connectivity index (χ2v) is 5.04. The summed E-state index contributed by atoms with van der Waals surface area (Å²) >= 11 is 0. The lowest BCUT2D eigenvalue weighted by molar-refractivity contribution is -0.137. The zero-order valence-electron chi connectivity index (χ0n) is 11.0. The number of nitrogens with zero attached hydrogens (tertiary/aromatic N) is 2. The van der Waals surface area contributed by atoms with E-state index in [0.717, 1.165) is 12.3 Å². The van der Waals surface area contributed by atoms with Crippen LogP contribution in [0.5, 0.6) is 0 Å². The Morgan fingerprint density at radius 1 is 1.28 bits per heavy atom. The molecule has 0 saturated heterocycles. The molecule has 0 radical (unpaired) electrons. The minimum atomic E-state index is -4.41. The zero-order valence-corrected chi connectivity index (χ0v) is 11.0. The van der Waals surface area contributed by atoms with Crippen LogP contribution in [0, 0.1) is 0 Å². The van der Waals surface area contributed by atoms with Gasteiger partial charge in [-0.05, 0) is 33.8 Å². The molecule has 1 heterocycles. The highest BCUT2D eigenvalue weighted by Gasteiger charge is 2.33. The van der Waals surface area contributed by atoms with Gasteiger partial charge >= 0.3 is 6.18 Å². The van der Waals surface area contributed by atoms with E-state index in [1.807, 2.05) is 27.7 Å². The van der Waals surface area contributed by atoms with E-state index >= 15 is 0 Å². The molecule has 0 aliphatic heterocycles. The smallest absolute Gasteiger partial charge is 0.382 e. The first-order valence-electron chi connectivity index (χ1n) is 5.67. The molecule has 1 aromatic rings. The normalized spacial score (nSPS) is 12.6. The van der Waals surface area contributed by atoms with Crippen molar-refractivity contribution in [3.8, 4) is 0 Å². The Morgan fingerprint density at radius 2 is 1.83 bits per heavy atom. The SMILES string of the molecule is CCN(c1cc(C(F)(F)F)cnc1N)C(C)(C)C. The summed E-state index contributed by atoms with van der Waals surface area (Å²) < 4.78 is 38.0. The minimum Gasteiger partial charge on any atom is -0.382 e. The summed E-state index contributed by atoms with van der Waals surface area (Å²) in [6.07, 6.45) is -3.65. The fraction of sp³-hybridized carbons (Fsp3) is 0.583. The fourth-order valence-electron chi connectivity index (χ4n) is 1.84. The molecule has 0 atom stereocenters. The molecule has 0 amide bonds. The van der Waals surface area contributed by atoms with Gasteiger partial charge in [0.1, 0.15) is 5.82 Å². The summed E-state index contributed by atoms with van der Waals surface area (Å²) in [6, 6.07) is 1.05. The number of alkyl halides is 3. The Morgan fingerprint density at radius 3 is 2.22 bits per heavy atom. The number of rotatable bonds is 2. The van der Waals surface area contributed by atoms with E-state index in [-0.39, 0.29) is 11.4 Å². The highest BCUT2D eigenvalue weighted by molar-refractivity contribution is 5.65. The van der Waals surface area contributed by atoms with Crippen LogP contribution in [0.4, 0.5) is 24.7 Å². The third kappa shape index (κ3) is 3.05. The predicted octanol–water partition coefficient (Wildman–Crippen LogP) is 3.31. The van der Waals surface area contributed by atoms with Crippen LogP contribution in [0.1, 0.15) is 33.3 Å². The van der Waals surface area contributed by atoms with Crippen molar-refractivity contribution in [1.82, 2.24) is 4.98 Å². The predicted molar refractivity (Wildman–Crippen MR) is 66.4 cm³/mol. The van der Waals surface area contributed by atoms with Crippen molar-refractivity contribution >= 4 is 11.5 Å². The lowest BCUT2D eigenvalue weighted by atomic mass is 10.0. The third-order valence-electron chi connectivity index (χ3n) is 2.64. The molecule has 0 aromatic carbocycles. The molecule has 1 rings (SSSR count). The first-order chi connectivity index (χ1) is 8.07. The fourth-order valence-corrected chi connectivity index (χ4v) is 1.84. The van der Waals surface area contributed by atoms with Crippen LogP contribution in [-0.2, 0) is 6.18 Å². The van der Waals surface area contributed by atoms with E-state index in [1.165, 1.54) is 0 Å². The Hall–Kier alpha value is -1.46. The minimum absolute atomic E-state index is 0.111. The molecular weight excluding hydrogens is 243 g/mol. The maximum Gasteiger partial charge on any atom is 0.417 e. The Bertz CT molecular complexity index is 422. The molecule has 18 heavy (non-hydrogen) atoms. The molecule has 0 fully saturated rings. The molecule has 6 heteroatoms. The maximum absolute atomic E-state index is 12.7. The van der Waals surface area contributed by atoms with E-state index in [0.29, 0.717) is 12.2 Å². The van der Waals surface area contributed by atoms with Crippen molar-refractivity contribution in [2.45, 2.75) is 39.4 Å². The highest BCUT2D eigenvalue weighted by atomic mass is 19.4. The topological polar surface area (TPSA) is 42.2 Å². The number of halogens is 3. The number of anilines is 2. The van der Waals surface area contributed by atoms with Crippen molar-refractivity contribution in [3.63, 3.8) is 0 Å². The monoisotopic (exact) mass is 261 g/mol. The number of aromatic nitrogens is 1. The quantitative estimate of drug-likeness (QED) is 0.888. The van der Waals surface area contributed by atoms with Crippen LogP contribution >= 0.6 is 0 Å².